The van der Waals surface area contributed by atoms with Crippen LogP contribution in [0.1, 0.15) is 0 Å². The Morgan fingerprint density at radius 3 is 1.54 bits per heavy atom. The van der Waals surface area contributed by atoms with E-state index in [-0.39, 0.29) is 13.2 Å². The molecular weight excluding hydrogens is 336 g/mol. The van der Waals surface area contributed by atoms with Crippen molar-refractivity contribution in [2.75, 3.05) is 13.2 Å². The van der Waals surface area contributed by atoms with Gasteiger partial charge in [-0.05, 0) is 24.3 Å². The molecule has 8 heteroatoms. The molecule has 1 aromatic carbocycles. The molecule has 2 heterocycles. The number of nitrogens with zero attached hydrogens (tertiary/aromatic N) is 4. The lowest BCUT2D eigenvalue weighted by Crippen LogP contribution is -2.23. The van der Waals surface area contributed by atoms with Crippen LogP contribution in [0.5, 0.6) is 11.5 Å². The third-order valence-corrected chi connectivity index (χ3v) is 3.67. The van der Waals surface area contributed by atoms with Crippen molar-refractivity contribution >= 4 is 0 Å². The molecule has 138 valence electrons. The molecule has 2 N–H and O–H groups in total. The normalized spacial score (nSPS) is 13.3. The van der Waals surface area contributed by atoms with Crippen molar-refractivity contribution in [1.29, 1.82) is 0 Å². The van der Waals surface area contributed by atoms with Gasteiger partial charge in [-0.1, -0.05) is 0 Å². The summed E-state index contributed by atoms with van der Waals surface area (Å²) in [6.07, 6.45) is 8.95. The zero-order valence-electron chi connectivity index (χ0n) is 14.3. The van der Waals surface area contributed by atoms with Crippen LogP contribution in [-0.2, 0) is 13.1 Å². The maximum Gasteiger partial charge on any atom is 0.119 e. The summed E-state index contributed by atoms with van der Waals surface area (Å²) in [7, 11) is 0. The highest BCUT2D eigenvalue weighted by atomic mass is 16.5. The van der Waals surface area contributed by atoms with E-state index in [1.807, 2.05) is 0 Å². The largest absolute Gasteiger partial charge is 0.491 e. The van der Waals surface area contributed by atoms with Crippen LogP contribution in [0.4, 0.5) is 0 Å². The van der Waals surface area contributed by atoms with Crippen LogP contribution < -0.4 is 9.47 Å². The molecule has 26 heavy (non-hydrogen) atoms. The number of hydrogen-bond donors (Lipinski definition) is 2. The molecule has 8 nitrogen and oxygen atoms in total. The molecule has 0 unspecified atom stereocenters. The van der Waals surface area contributed by atoms with Crippen LogP contribution in [0.25, 0.3) is 0 Å². The van der Waals surface area contributed by atoms with Gasteiger partial charge in [-0.15, -0.1) is 0 Å². The fourth-order valence-electron chi connectivity index (χ4n) is 2.40. The van der Waals surface area contributed by atoms with E-state index in [9.17, 15) is 10.2 Å². The van der Waals surface area contributed by atoms with Gasteiger partial charge < -0.3 is 28.8 Å². The molecule has 0 fully saturated rings. The maximum atomic E-state index is 9.96. The molecule has 0 saturated carbocycles. The van der Waals surface area contributed by atoms with E-state index in [1.165, 1.54) is 0 Å². The number of ether oxygens (including phenoxy) is 2. The lowest BCUT2D eigenvalue weighted by Gasteiger charge is -2.14. The predicted molar refractivity (Wildman–Crippen MR) is 93.9 cm³/mol. The average Bonchev–Trinajstić information content (AvgIpc) is 3.33. The molecule has 0 bridgehead atoms. The van der Waals surface area contributed by atoms with Crippen molar-refractivity contribution in [2.24, 2.45) is 0 Å². The highest BCUT2D eigenvalue weighted by Crippen LogP contribution is 2.18. The summed E-state index contributed by atoms with van der Waals surface area (Å²) in [5.41, 5.74) is 0. The summed E-state index contributed by atoms with van der Waals surface area (Å²) in [5, 5.41) is 19.9. The van der Waals surface area contributed by atoms with Gasteiger partial charge in [0.15, 0.2) is 0 Å². The summed E-state index contributed by atoms with van der Waals surface area (Å²) in [5.74, 6) is 1.28. The van der Waals surface area contributed by atoms with Crippen LogP contribution in [0.3, 0.4) is 0 Å². The highest BCUT2D eigenvalue weighted by molar-refractivity contribution is 5.31. The molecule has 3 aromatic rings. The molecule has 0 aliphatic carbocycles. The van der Waals surface area contributed by atoms with Crippen molar-refractivity contribution in [2.45, 2.75) is 25.3 Å². The van der Waals surface area contributed by atoms with Gasteiger partial charge in [-0.2, -0.15) is 0 Å². The zero-order chi connectivity index (χ0) is 18.2. The minimum atomic E-state index is -0.626. The van der Waals surface area contributed by atoms with Gasteiger partial charge in [0.25, 0.3) is 0 Å². The highest BCUT2D eigenvalue weighted by Gasteiger charge is 2.08. The lowest BCUT2D eigenvalue weighted by atomic mass is 10.3. The topological polar surface area (TPSA) is 94.6 Å². The van der Waals surface area contributed by atoms with E-state index in [0.29, 0.717) is 24.6 Å². The summed E-state index contributed by atoms with van der Waals surface area (Å²) in [4.78, 5) is 7.86. The number of rotatable bonds is 10. The third kappa shape index (κ3) is 5.61. The van der Waals surface area contributed by atoms with Crippen LogP contribution in [0.2, 0.25) is 0 Å². The number of imidazole rings is 2. The second-order valence-electron chi connectivity index (χ2n) is 5.92. The molecule has 0 aliphatic heterocycles. The number of aliphatic hydroxyl groups excluding tert-OH is 2. The lowest BCUT2D eigenvalue weighted by molar-refractivity contribution is 0.0906. The van der Waals surface area contributed by atoms with Crippen molar-refractivity contribution < 1.29 is 19.7 Å². The Bertz CT molecular complexity index is 679. The van der Waals surface area contributed by atoms with Gasteiger partial charge in [0, 0.05) is 24.8 Å². The fourth-order valence-corrected chi connectivity index (χ4v) is 2.40. The Kier molecular flexibility index (Phi) is 6.24. The standard InChI is InChI=1S/C18H22N4O4/c23-15(9-21-7-5-19-13-21)11-25-17-1-2-18(4-3-17)26-12-16(24)10-22-8-6-20-14-22/h1-8,13-16,23-24H,9-12H2/t15-,16-/m0/s1. The van der Waals surface area contributed by atoms with E-state index >= 15 is 0 Å². The van der Waals surface area contributed by atoms with Crippen LogP contribution in [-0.4, -0.2) is 54.7 Å². The molecule has 0 saturated heterocycles. The van der Waals surface area contributed by atoms with E-state index < -0.39 is 12.2 Å². The van der Waals surface area contributed by atoms with Crippen LogP contribution >= 0.6 is 0 Å². The Hall–Kier alpha value is -2.84. The van der Waals surface area contributed by atoms with Crippen molar-refractivity contribution in [3.8, 4) is 11.5 Å². The van der Waals surface area contributed by atoms with Gasteiger partial charge in [0.05, 0.1) is 25.7 Å². The first-order valence-corrected chi connectivity index (χ1v) is 8.32. The molecule has 0 aliphatic rings. The number of aliphatic hydroxyl groups is 2. The van der Waals surface area contributed by atoms with Crippen molar-refractivity contribution in [3.05, 3.63) is 61.7 Å². The SMILES string of the molecule is O[C@H](COc1ccc(OC[C@@H](O)Cn2ccnc2)cc1)Cn1ccnc1. The Morgan fingerprint density at radius 2 is 1.19 bits per heavy atom. The summed E-state index contributed by atoms with van der Waals surface area (Å²) in [6, 6.07) is 7.06. The maximum absolute atomic E-state index is 9.96. The first kappa shape index (κ1) is 18.0. The van der Waals surface area contributed by atoms with Crippen molar-refractivity contribution in [1.82, 2.24) is 19.1 Å². The zero-order valence-corrected chi connectivity index (χ0v) is 14.3. The first-order chi connectivity index (χ1) is 12.7. The van der Waals surface area contributed by atoms with Gasteiger partial charge in [0.1, 0.15) is 36.9 Å². The molecule has 2 atom stereocenters. The second-order valence-corrected chi connectivity index (χ2v) is 5.92. The molecule has 0 spiro atoms. The van der Waals surface area contributed by atoms with Gasteiger partial charge in [-0.25, -0.2) is 9.97 Å². The van der Waals surface area contributed by atoms with Crippen LogP contribution in [0.15, 0.2) is 61.7 Å². The molecule has 3 rings (SSSR count). The van der Waals surface area contributed by atoms with Gasteiger partial charge in [0.2, 0.25) is 0 Å². The van der Waals surface area contributed by atoms with E-state index in [2.05, 4.69) is 9.97 Å². The van der Waals surface area contributed by atoms with Crippen LogP contribution in [0, 0.1) is 0 Å². The number of hydrogen-bond acceptors (Lipinski definition) is 6. The number of aromatic nitrogens is 4. The van der Waals surface area contributed by atoms with E-state index in [0.717, 1.165) is 0 Å². The Labute approximate surface area is 151 Å². The first-order valence-electron chi connectivity index (χ1n) is 8.32. The monoisotopic (exact) mass is 358 g/mol. The smallest absolute Gasteiger partial charge is 0.119 e. The second kappa shape index (κ2) is 9.02. The molecule has 0 radical (unpaired) electrons. The summed E-state index contributed by atoms with van der Waals surface area (Å²) < 4.78 is 14.7. The fraction of sp³-hybridized carbons (Fsp3) is 0.333. The Morgan fingerprint density at radius 1 is 0.769 bits per heavy atom. The Balaban J connectivity index is 1.38. The van der Waals surface area contributed by atoms with E-state index in [4.69, 9.17) is 9.47 Å². The van der Waals surface area contributed by atoms with Gasteiger partial charge >= 0.3 is 0 Å². The molecular formula is C18H22N4O4. The predicted octanol–water partition coefficient (Wildman–Crippen LogP) is 0.959. The summed E-state index contributed by atoms with van der Waals surface area (Å²) >= 11 is 0. The molecule has 0 amide bonds. The van der Waals surface area contributed by atoms with E-state index in [1.54, 1.807) is 70.8 Å². The minimum Gasteiger partial charge on any atom is -0.491 e. The quantitative estimate of drug-likeness (QED) is 0.561. The average molecular weight is 358 g/mol. The number of benzene rings is 1. The third-order valence-electron chi connectivity index (χ3n) is 3.67. The van der Waals surface area contributed by atoms with Gasteiger partial charge in [-0.3, -0.25) is 0 Å². The molecule has 2 aromatic heterocycles. The summed E-state index contributed by atoms with van der Waals surface area (Å²) in [6.45, 7) is 1.22. The minimum absolute atomic E-state index is 0.183. The van der Waals surface area contributed by atoms with Crippen molar-refractivity contribution in [3.63, 3.8) is 0 Å².